The lowest BCUT2D eigenvalue weighted by molar-refractivity contribution is 0.153. The van der Waals surface area contributed by atoms with Gasteiger partial charge in [0.05, 0.1) is 0 Å². The standard InChI is InChI=1S/C15H24N2OS/c1-17(2)15(14-4-3-11-19-14)13-7-5-12(6-8-13)9-10-16-18/h3-4,10-13,15,18H,5-9H2,1-2H3. The third-order valence-electron chi connectivity index (χ3n) is 4.25. The molecule has 1 aromatic heterocycles. The van der Waals surface area contributed by atoms with E-state index in [0.717, 1.165) is 12.3 Å². The van der Waals surface area contributed by atoms with Crippen molar-refractivity contribution in [2.75, 3.05) is 14.1 Å². The highest BCUT2D eigenvalue weighted by atomic mass is 32.1. The third-order valence-corrected chi connectivity index (χ3v) is 5.19. The van der Waals surface area contributed by atoms with Crippen molar-refractivity contribution in [3.8, 4) is 0 Å². The second-order valence-electron chi connectivity index (χ2n) is 5.74. The monoisotopic (exact) mass is 280 g/mol. The van der Waals surface area contributed by atoms with Crippen molar-refractivity contribution in [2.45, 2.75) is 38.1 Å². The number of nitrogens with zero attached hydrogens (tertiary/aromatic N) is 2. The number of hydrogen-bond acceptors (Lipinski definition) is 4. The molecule has 1 fully saturated rings. The predicted octanol–water partition coefficient (Wildman–Crippen LogP) is 4.01. The van der Waals surface area contributed by atoms with Crippen LogP contribution in [0.2, 0.25) is 0 Å². The van der Waals surface area contributed by atoms with Crippen LogP contribution >= 0.6 is 11.3 Å². The van der Waals surface area contributed by atoms with Crippen molar-refractivity contribution in [1.82, 2.24) is 4.90 Å². The molecule has 1 aromatic rings. The molecule has 1 heterocycles. The molecule has 3 nitrogen and oxygen atoms in total. The van der Waals surface area contributed by atoms with Gasteiger partial charge in [0.25, 0.3) is 0 Å². The van der Waals surface area contributed by atoms with Gasteiger partial charge in [-0.05, 0) is 69.5 Å². The second kappa shape index (κ2) is 7.06. The summed E-state index contributed by atoms with van der Waals surface area (Å²) in [5, 5.41) is 13.8. The van der Waals surface area contributed by atoms with Gasteiger partial charge in [0.2, 0.25) is 0 Å². The summed E-state index contributed by atoms with van der Waals surface area (Å²) < 4.78 is 0. The Kier molecular flexibility index (Phi) is 5.40. The average molecular weight is 280 g/mol. The Morgan fingerprint density at radius 2 is 2.16 bits per heavy atom. The second-order valence-corrected chi connectivity index (χ2v) is 6.72. The summed E-state index contributed by atoms with van der Waals surface area (Å²) in [6.45, 7) is 0. The zero-order valence-corrected chi connectivity index (χ0v) is 12.6. The summed E-state index contributed by atoms with van der Waals surface area (Å²) in [5.74, 6) is 1.47. The van der Waals surface area contributed by atoms with E-state index in [-0.39, 0.29) is 0 Å². The van der Waals surface area contributed by atoms with Crippen molar-refractivity contribution in [3.05, 3.63) is 22.4 Å². The van der Waals surface area contributed by atoms with Gasteiger partial charge in [-0.1, -0.05) is 6.07 Å². The maximum atomic E-state index is 8.50. The molecule has 1 saturated carbocycles. The first-order valence-electron chi connectivity index (χ1n) is 7.08. The van der Waals surface area contributed by atoms with Crippen LogP contribution in [0.15, 0.2) is 22.7 Å². The quantitative estimate of drug-likeness (QED) is 0.502. The van der Waals surface area contributed by atoms with Crippen molar-refractivity contribution in [2.24, 2.45) is 17.0 Å². The minimum Gasteiger partial charge on any atom is -0.411 e. The molecule has 0 saturated heterocycles. The number of thiophene rings is 1. The van der Waals surface area contributed by atoms with Gasteiger partial charge in [0.1, 0.15) is 0 Å². The molecule has 0 aromatic carbocycles. The van der Waals surface area contributed by atoms with Crippen LogP contribution in [0, 0.1) is 11.8 Å². The Labute approximate surface area is 119 Å². The molecule has 19 heavy (non-hydrogen) atoms. The smallest absolute Gasteiger partial charge is 0.0463 e. The number of oxime groups is 1. The Hall–Kier alpha value is -0.870. The highest BCUT2D eigenvalue weighted by Crippen LogP contribution is 2.41. The van der Waals surface area contributed by atoms with Gasteiger partial charge in [-0.25, -0.2) is 0 Å². The maximum Gasteiger partial charge on any atom is 0.0463 e. The minimum atomic E-state index is 0.562. The summed E-state index contributed by atoms with van der Waals surface area (Å²) in [7, 11) is 4.38. The topological polar surface area (TPSA) is 35.8 Å². The number of rotatable bonds is 5. The van der Waals surface area contributed by atoms with E-state index < -0.39 is 0 Å². The van der Waals surface area contributed by atoms with Crippen LogP contribution in [0.5, 0.6) is 0 Å². The van der Waals surface area contributed by atoms with Gasteiger partial charge in [-0.3, -0.25) is 0 Å². The van der Waals surface area contributed by atoms with Gasteiger partial charge in [0.15, 0.2) is 0 Å². The average Bonchev–Trinajstić information content (AvgIpc) is 2.91. The van der Waals surface area contributed by atoms with E-state index in [1.165, 1.54) is 30.6 Å². The Bertz CT molecular complexity index is 381. The van der Waals surface area contributed by atoms with Crippen molar-refractivity contribution >= 4 is 17.6 Å². The van der Waals surface area contributed by atoms with Crippen LogP contribution in [0.1, 0.15) is 43.0 Å². The fourth-order valence-corrected chi connectivity index (χ4v) is 4.32. The largest absolute Gasteiger partial charge is 0.411 e. The van der Waals surface area contributed by atoms with Crippen LogP contribution in [0.25, 0.3) is 0 Å². The molecule has 1 aliphatic rings. The zero-order chi connectivity index (χ0) is 13.7. The highest BCUT2D eigenvalue weighted by molar-refractivity contribution is 7.10. The molecule has 1 aliphatic carbocycles. The molecule has 1 atom stereocenters. The van der Waals surface area contributed by atoms with Gasteiger partial charge in [-0.2, -0.15) is 0 Å². The first-order chi connectivity index (χ1) is 9.22. The van der Waals surface area contributed by atoms with Gasteiger partial charge >= 0.3 is 0 Å². The van der Waals surface area contributed by atoms with E-state index in [1.54, 1.807) is 6.21 Å². The van der Waals surface area contributed by atoms with E-state index in [9.17, 15) is 0 Å². The van der Waals surface area contributed by atoms with E-state index in [2.05, 4.69) is 41.7 Å². The van der Waals surface area contributed by atoms with Crippen molar-refractivity contribution in [3.63, 3.8) is 0 Å². The summed E-state index contributed by atoms with van der Waals surface area (Å²) in [5.41, 5.74) is 0. The first kappa shape index (κ1) is 14.5. The van der Waals surface area contributed by atoms with Gasteiger partial charge in [-0.15, -0.1) is 16.5 Å². The molecule has 106 valence electrons. The minimum absolute atomic E-state index is 0.562. The lowest BCUT2D eigenvalue weighted by Gasteiger charge is -2.36. The van der Waals surface area contributed by atoms with Crippen LogP contribution < -0.4 is 0 Å². The summed E-state index contributed by atoms with van der Waals surface area (Å²) >= 11 is 1.87. The maximum absolute atomic E-state index is 8.50. The number of hydrogen-bond donors (Lipinski definition) is 1. The van der Waals surface area contributed by atoms with Gasteiger partial charge in [0, 0.05) is 17.1 Å². The van der Waals surface area contributed by atoms with Gasteiger partial charge < -0.3 is 10.1 Å². The SMILES string of the molecule is CN(C)C(c1cccs1)C1CCC(CC=NO)CC1. The lowest BCUT2D eigenvalue weighted by Crippen LogP contribution is -2.29. The molecule has 0 aliphatic heterocycles. The summed E-state index contributed by atoms with van der Waals surface area (Å²) in [6.07, 6.45) is 7.65. The van der Waals surface area contributed by atoms with E-state index in [4.69, 9.17) is 5.21 Å². The first-order valence-corrected chi connectivity index (χ1v) is 7.96. The fourth-order valence-electron chi connectivity index (χ4n) is 3.30. The summed E-state index contributed by atoms with van der Waals surface area (Å²) in [4.78, 5) is 3.86. The lowest BCUT2D eigenvalue weighted by atomic mass is 9.77. The molecular formula is C15H24N2OS. The summed E-state index contributed by atoms with van der Waals surface area (Å²) in [6, 6.07) is 4.98. The Morgan fingerprint density at radius 3 is 2.68 bits per heavy atom. The molecule has 1 unspecified atom stereocenters. The molecule has 4 heteroatoms. The Balaban J connectivity index is 1.95. The third kappa shape index (κ3) is 3.80. The molecule has 1 N–H and O–H groups in total. The molecule has 0 bridgehead atoms. The highest BCUT2D eigenvalue weighted by Gasteiger charge is 2.30. The van der Waals surface area contributed by atoms with Crippen molar-refractivity contribution in [1.29, 1.82) is 0 Å². The molecule has 0 spiro atoms. The Morgan fingerprint density at radius 1 is 1.42 bits per heavy atom. The van der Waals surface area contributed by atoms with Crippen LogP contribution in [-0.2, 0) is 0 Å². The predicted molar refractivity (Wildman–Crippen MR) is 81.1 cm³/mol. The zero-order valence-electron chi connectivity index (χ0n) is 11.8. The van der Waals surface area contributed by atoms with Crippen LogP contribution in [0.3, 0.4) is 0 Å². The molecule has 0 radical (unpaired) electrons. The molecule has 0 amide bonds. The van der Waals surface area contributed by atoms with E-state index in [0.29, 0.717) is 12.0 Å². The normalized spacial score (nSPS) is 26.1. The van der Waals surface area contributed by atoms with Crippen LogP contribution in [0.4, 0.5) is 0 Å². The van der Waals surface area contributed by atoms with E-state index in [1.807, 2.05) is 11.3 Å². The fraction of sp³-hybridized carbons (Fsp3) is 0.667. The molecular weight excluding hydrogens is 256 g/mol. The van der Waals surface area contributed by atoms with Crippen LogP contribution in [-0.4, -0.2) is 30.4 Å². The van der Waals surface area contributed by atoms with Crippen molar-refractivity contribution < 1.29 is 5.21 Å². The molecule has 2 rings (SSSR count). The van der Waals surface area contributed by atoms with E-state index >= 15 is 0 Å².